The van der Waals surface area contributed by atoms with E-state index in [9.17, 15) is 4.79 Å². The van der Waals surface area contributed by atoms with Gasteiger partial charge in [0.15, 0.2) is 0 Å². The molecule has 0 aliphatic carbocycles. The third kappa shape index (κ3) is 3.81. The van der Waals surface area contributed by atoms with Crippen molar-refractivity contribution in [3.05, 3.63) is 52.8 Å². The van der Waals surface area contributed by atoms with E-state index in [-0.39, 0.29) is 11.9 Å². The van der Waals surface area contributed by atoms with Crippen LogP contribution in [0.3, 0.4) is 0 Å². The standard InChI is InChI=1S/C21H28ClN5O/c1-2-27-20(18(22)10-24-27)21(28)26-13-16-11-25(12-17(16)14-26)9-8-19(23)15-6-4-3-5-7-15/h3-7,10,16-17,19H,2,8-9,11-14,23H2,1H3/t16?,17?,19-/m0/s1. The highest BCUT2D eigenvalue weighted by Crippen LogP contribution is 2.33. The number of likely N-dealkylation sites (tertiary alicyclic amines) is 2. The smallest absolute Gasteiger partial charge is 0.273 e. The molecule has 2 aliphatic rings. The van der Waals surface area contributed by atoms with Crippen LogP contribution in [0, 0.1) is 11.8 Å². The van der Waals surface area contributed by atoms with E-state index in [0.29, 0.717) is 29.1 Å². The predicted molar refractivity (Wildman–Crippen MR) is 110 cm³/mol. The quantitative estimate of drug-likeness (QED) is 0.808. The van der Waals surface area contributed by atoms with Crippen LogP contribution in [0.25, 0.3) is 0 Å². The molecule has 2 unspecified atom stereocenters. The lowest BCUT2D eigenvalue weighted by molar-refractivity contribution is 0.0761. The summed E-state index contributed by atoms with van der Waals surface area (Å²) < 4.78 is 1.69. The number of benzene rings is 1. The molecule has 28 heavy (non-hydrogen) atoms. The number of hydrogen-bond acceptors (Lipinski definition) is 4. The average Bonchev–Trinajstić information content (AvgIpc) is 3.38. The van der Waals surface area contributed by atoms with E-state index in [0.717, 1.165) is 39.1 Å². The van der Waals surface area contributed by atoms with Crippen molar-refractivity contribution in [3.8, 4) is 0 Å². The fourth-order valence-corrected chi connectivity index (χ4v) is 4.81. The molecule has 2 saturated heterocycles. The zero-order valence-electron chi connectivity index (χ0n) is 16.3. The van der Waals surface area contributed by atoms with Crippen LogP contribution < -0.4 is 5.73 Å². The Labute approximate surface area is 171 Å². The fraction of sp³-hybridized carbons (Fsp3) is 0.524. The van der Waals surface area contributed by atoms with Crippen LogP contribution >= 0.6 is 11.6 Å². The van der Waals surface area contributed by atoms with Gasteiger partial charge in [-0.15, -0.1) is 0 Å². The lowest BCUT2D eigenvalue weighted by atomic mass is 10.0. The van der Waals surface area contributed by atoms with Crippen LogP contribution in [0.4, 0.5) is 0 Å². The molecular formula is C21H28ClN5O. The summed E-state index contributed by atoms with van der Waals surface area (Å²) in [4.78, 5) is 17.4. The molecule has 0 radical (unpaired) electrons. The molecule has 2 aliphatic heterocycles. The number of nitrogens with two attached hydrogens (primary N) is 1. The molecule has 1 aromatic carbocycles. The molecule has 6 nitrogen and oxygen atoms in total. The summed E-state index contributed by atoms with van der Waals surface area (Å²) in [7, 11) is 0. The average molecular weight is 402 g/mol. The molecule has 3 heterocycles. The Kier molecular flexibility index (Phi) is 5.71. The molecule has 1 amide bonds. The van der Waals surface area contributed by atoms with Crippen molar-refractivity contribution in [1.29, 1.82) is 0 Å². The van der Waals surface area contributed by atoms with Gasteiger partial charge in [0.05, 0.1) is 11.2 Å². The summed E-state index contributed by atoms with van der Waals surface area (Å²) in [6.45, 7) is 7.30. The van der Waals surface area contributed by atoms with E-state index in [4.69, 9.17) is 17.3 Å². The van der Waals surface area contributed by atoms with E-state index in [1.54, 1.807) is 10.9 Å². The monoisotopic (exact) mass is 401 g/mol. The number of amides is 1. The number of carbonyl (C=O) groups excluding carboxylic acids is 1. The first kappa shape index (κ1) is 19.4. The second-order valence-corrected chi connectivity index (χ2v) is 8.36. The minimum absolute atomic E-state index is 0.0106. The zero-order chi connectivity index (χ0) is 19.7. The highest BCUT2D eigenvalue weighted by atomic mass is 35.5. The van der Waals surface area contributed by atoms with Crippen LogP contribution in [0.2, 0.25) is 5.02 Å². The highest BCUT2D eigenvalue weighted by Gasteiger charge is 2.42. The Hall–Kier alpha value is -1.89. The van der Waals surface area contributed by atoms with Crippen molar-refractivity contribution in [2.45, 2.75) is 25.9 Å². The van der Waals surface area contributed by atoms with Crippen molar-refractivity contribution in [2.24, 2.45) is 17.6 Å². The summed E-state index contributed by atoms with van der Waals surface area (Å²) in [6, 6.07) is 10.4. The molecule has 3 atom stereocenters. The van der Waals surface area contributed by atoms with Crippen LogP contribution in [0.15, 0.2) is 36.5 Å². The van der Waals surface area contributed by atoms with Crippen molar-refractivity contribution < 1.29 is 4.79 Å². The van der Waals surface area contributed by atoms with E-state index in [1.165, 1.54) is 5.56 Å². The predicted octanol–water partition coefficient (Wildman–Crippen LogP) is 2.65. The summed E-state index contributed by atoms with van der Waals surface area (Å²) in [6.07, 6.45) is 2.52. The first-order chi connectivity index (χ1) is 13.6. The van der Waals surface area contributed by atoms with Gasteiger partial charge in [-0.3, -0.25) is 9.48 Å². The van der Waals surface area contributed by atoms with Gasteiger partial charge in [-0.1, -0.05) is 41.9 Å². The Balaban J connectivity index is 1.30. The van der Waals surface area contributed by atoms with Crippen molar-refractivity contribution >= 4 is 17.5 Å². The van der Waals surface area contributed by atoms with Crippen molar-refractivity contribution in [3.63, 3.8) is 0 Å². The molecule has 2 fully saturated rings. The molecule has 0 bridgehead atoms. The van der Waals surface area contributed by atoms with Gasteiger partial charge in [0.2, 0.25) is 0 Å². The topological polar surface area (TPSA) is 67.4 Å². The first-order valence-corrected chi connectivity index (χ1v) is 10.5. The Morgan fingerprint density at radius 1 is 1.21 bits per heavy atom. The molecule has 7 heteroatoms. The van der Waals surface area contributed by atoms with Gasteiger partial charge in [-0.25, -0.2) is 0 Å². The lowest BCUT2D eigenvalue weighted by Gasteiger charge is -2.23. The normalized spacial score (nSPS) is 23.2. The molecule has 1 aromatic heterocycles. The number of aryl methyl sites for hydroxylation is 1. The van der Waals surface area contributed by atoms with E-state index in [1.807, 2.05) is 30.0 Å². The fourth-order valence-electron chi connectivity index (χ4n) is 4.59. The minimum atomic E-state index is 0.0106. The Morgan fingerprint density at radius 3 is 2.54 bits per heavy atom. The zero-order valence-corrected chi connectivity index (χ0v) is 17.1. The van der Waals surface area contributed by atoms with Gasteiger partial charge in [-0.2, -0.15) is 5.10 Å². The van der Waals surface area contributed by atoms with Gasteiger partial charge in [0, 0.05) is 38.8 Å². The number of rotatable bonds is 6. The maximum absolute atomic E-state index is 12.9. The SMILES string of the molecule is CCn1ncc(Cl)c1C(=O)N1CC2CN(CC[C@H](N)c3ccccc3)CC2C1. The third-order valence-electron chi connectivity index (χ3n) is 6.13. The first-order valence-electron chi connectivity index (χ1n) is 10.1. The molecule has 2 aromatic rings. The summed E-state index contributed by atoms with van der Waals surface area (Å²) in [5, 5.41) is 4.64. The Morgan fingerprint density at radius 2 is 1.89 bits per heavy atom. The minimum Gasteiger partial charge on any atom is -0.337 e. The summed E-state index contributed by atoms with van der Waals surface area (Å²) in [5.41, 5.74) is 8.07. The number of carbonyl (C=O) groups is 1. The number of halogens is 1. The van der Waals surface area contributed by atoms with Crippen LogP contribution in [-0.2, 0) is 6.54 Å². The van der Waals surface area contributed by atoms with E-state index < -0.39 is 0 Å². The number of fused-ring (bicyclic) bond motifs is 1. The van der Waals surface area contributed by atoms with Gasteiger partial charge < -0.3 is 15.5 Å². The van der Waals surface area contributed by atoms with E-state index in [2.05, 4.69) is 22.1 Å². The van der Waals surface area contributed by atoms with E-state index >= 15 is 0 Å². The largest absolute Gasteiger partial charge is 0.337 e. The van der Waals surface area contributed by atoms with Crippen molar-refractivity contribution in [1.82, 2.24) is 19.6 Å². The molecule has 2 N–H and O–H groups in total. The van der Waals surface area contributed by atoms with Crippen LogP contribution in [-0.4, -0.2) is 58.2 Å². The second kappa shape index (κ2) is 8.23. The van der Waals surface area contributed by atoms with Gasteiger partial charge in [0.25, 0.3) is 5.91 Å². The number of hydrogen-bond donors (Lipinski definition) is 1. The molecule has 0 spiro atoms. The second-order valence-electron chi connectivity index (χ2n) is 7.95. The van der Waals surface area contributed by atoms with Crippen LogP contribution in [0.1, 0.15) is 35.4 Å². The van der Waals surface area contributed by atoms with Gasteiger partial charge >= 0.3 is 0 Å². The van der Waals surface area contributed by atoms with Gasteiger partial charge in [0.1, 0.15) is 5.69 Å². The third-order valence-corrected chi connectivity index (χ3v) is 6.41. The number of aromatic nitrogens is 2. The molecule has 150 valence electrons. The highest BCUT2D eigenvalue weighted by molar-refractivity contribution is 6.33. The summed E-state index contributed by atoms with van der Waals surface area (Å²) >= 11 is 6.21. The lowest BCUT2D eigenvalue weighted by Crippen LogP contribution is -2.35. The Bertz CT molecular complexity index is 809. The molecular weight excluding hydrogens is 374 g/mol. The molecule has 0 saturated carbocycles. The maximum Gasteiger partial charge on any atom is 0.273 e. The molecule has 4 rings (SSSR count). The maximum atomic E-state index is 12.9. The van der Waals surface area contributed by atoms with Crippen molar-refractivity contribution in [2.75, 3.05) is 32.7 Å². The summed E-state index contributed by atoms with van der Waals surface area (Å²) in [5.74, 6) is 1.08. The van der Waals surface area contributed by atoms with Crippen LogP contribution in [0.5, 0.6) is 0 Å². The number of nitrogens with zero attached hydrogens (tertiary/aromatic N) is 4. The van der Waals surface area contributed by atoms with Gasteiger partial charge in [-0.05, 0) is 37.3 Å².